The van der Waals surface area contributed by atoms with Crippen LogP contribution in [0.3, 0.4) is 0 Å². The molecular weight excluding hydrogens is 206 g/mol. The molecule has 0 spiro atoms. The molecular formula is C9H16BF3NO-. The molecule has 0 amide bonds. The molecule has 0 aromatic carbocycles. The van der Waals surface area contributed by atoms with Crippen molar-refractivity contribution in [2.24, 2.45) is 0 Å². The van der Waals surface area contributed by atoms with Gasteiger partial charge < -0.3 is 22.6 Å². The van der Waals surface area contributed by atoms with E-state index in [0.717, 1.165) is 19.4 Å². The summed E-state index contributed by atoms with van der Waals surface area (Å²) in [4.78, 5) is 1.62. The van der Waals surface area contributed by atoms with E-state index in [1.54, 1.807) is 11.9 Å². The van der Waals surface area contributed by atoms with Crippen molar-refractivity contribution in [3.8, 4) is 0 Å². The molecule has 1 atom stereocenters. The standard InChI is InChI=1S/C9H16BF3NO/c1-8(10(11,12)13)6-14(2)7-9-4-3-5-15-9/h9H,1,3-7H2,2H3/q-1. The van der Waals surface area contributed by atoms with Gasteiger partial charge in [-0.1, -0.05) is 0 Å². The second-order valence-electron chi connectivity index (χ2n) is 4.06. The van der Waals surface area contributed by atoms with Gasteiger partial charge in [-0.15, -0.1) is 12.1 Å². The molecule has 1 fully saturated rings. The zero-order valence-corrected chi connectivity index (χ0v) is 8.89. The molecule has 1 aliphatic rings. The summed E-state index contributed by atoms with van der Waals surface area (Å²) in [6.45, 7) is -0.692. The lowest BCUT2D eigenvalue weighted by Crippen LogP contribution is -2.34. The molecule has 0 bridgehead atoms. The van der Waals surface area contributed by atoms with Crippen LogP contribution in [0.5, 0.6) is 0 Å². The summed E-state index contributed by atoms with van der Waals surface area (Å²) >= 11 is 0. The monoisotopic (exact) mass is 222 g/mol. The van der Waals surface area contributed by atoms with Crippen molar-refractivity contribution in [1.82, 2.24) is 4.90 Å². The molecule has 1 rings (SSSR count). The number of hydrogen-bond donors (Lipinski definition) is 0. The fourth-order valence-corrected chi connectivity index (χ4v) is 1.65. The van der Waals surface area contributed by atoms with Gasteiger partial charge in [0.25, 0.3) is 0 Å². The number of hydrogen-bond acceptors (Lipinski definition) is 2. The van der Waals surface area contributed by atoms with Crippen molar-refractivity contribution in [2.45, 2.75) is 18.9 Å². The van der Waals surface area contributed by atoms with Crippen molar-refractivity contribution in [3.05, 3.63) is 12.1 Å². The predicted octanol–water partition coefficient (Wildman–Crippen LogP) is 2.04. The molecule has 6 heteroatoms. The van der Waals surface area contributed by atoms with E-state index in [9.17, 15) is 12.9 Å². The minimum absolute atomic E-state index is 0.0866. The minimum atomic E-state index is -4.90. The fourth-order valence-electron chi connectivity index (χ4n) is 1.65. The molecule has 1 unspecified atom stereocenters. The fraction of sp³-hybridized carbons (Fsp3) is 0.778. The summed E-state index contributed by atoms with van der Waals surface area (Å²) < 4.78 is 42.0. The van der Waals surface area contributed by atoms with Gasteiger partial charge in [0.05, 0.1) is 6.10 Å². The smallest absolute Gasteiger partial charge is 0.445 e. The highest BCUT2D eigenvalue weighted by atomic mass is 19.4. The SMILES string of the molecule is C=C(CN(C)CC1CCCO1)[B-](F)(F)F. The highest BCUT2D eigenvalue weighted by Crippen LogP contribution is 2.19. The van der Waals surface area contributed by atoms with Crippen molar-refractivity contribution in [3.63, 3.8) is 0 Å². The van der Waals surface area contributed by atoms with Crippen LogP contribution in [-0.2, 0) is 4.74 Å². The number of nitrogens with zero attached hydrogens (tertiary/aromatic N) is 1. The maximum atomic E-state index is 12.2. The summed E-state index contributed by atoms with van der Waals surface area (Å²) in [5, 5.41) is 0. The Morgan fingerprint density at radius 3 is 2.67 bits per heavy atom. The van der Waals surface area contributed by atoms with Crippen LogP contribution in [0.25, 0.3) is 0 Å². The van der Waals surface area contributed by atoms with Gasteiger partial charge in [0.15, 0.2) is 0 Å². The third-order valence-corrected chi connectivity index (χ3v) is 2.48. The molecule has 88 valence electrons. The molecule has 0 aromatic heterocycles. The highest BCUT2D eigenvalue weighted by Gasteiger charge is 2.27. The Bertz CT molecular complexity index is 226. The molecule has 0 aromatic rings. The van der Waals surface area contributed by atoms with E-state index in [0.29, 0.717) is 6.54 Å². The first-order valence-electron chi connectivity index (χ1n) is 5.07. The summed E-state index contributed by atoms with van der Waals surface area (Å²) in [5.41, 5.74) is -0.643. The van der Waals surface area contributed by atoms with Gasteiger partial charge in [-0.3, -0.25) is 0 Å². The first-order valence-corrected chi connectivity index (χ1v) is 5.07. The van der Waals surface area contributed by atoms with Crippen molar-refractivity contribution < 1.29 is 17.7 Å². The third-order valence-electron chi connectivity index (χ3n) is 2.48. The molecule has 1 aliphatic heterocycles. The van der Waals surface area contributed by atoms with E-state index in [-0.39, 0.29) is 12.6 Å². The Balaban J connectivity index is 2.28. The molecule has 0 radical (unpaired) electrons. The lowest BCUT2D eigenvalue weighted by atomic mass is 9.80. The van der Waals surface area contributed by atoms with Gasteiger partial charge in [-0.05, 0) is 26.4 Å². The maximum Gasteiger partial charge on any atom is 0.506 e. The van der Waals surface area contributed by atoms with Crippen molar-refractivity contribution >= 4 is 6.98 Å². The summed E-state index contributed by atoms with van der Waals surface area (Å²) in [7, 11) is 1.66. The van der Waals surface area contributed by atoms with Gasteiger partial charge in [-0.25, -0.2) is 0 Å². The number of likely N-dealkylation sites (N-methyl/N-ethyl adjacent to an activating group) is 1. The number of ether oxygens (including phenoxy) is 1. The summed E-state index contributed by atoms with van der Waals surface area (Å²) in [5.74, 6) is 0. The third kappa shape index (κ3) is 4.26. The summed E-state index contributed by atoms with van der Waals surface area (Å²) in [6, 6.07) is 0. The minimum Gasteiger partial charge on any atom is -0.445 e. The van der Waals surface area contributed by atoms with Crippen LogP contribution in [0.4, 0.5) is 12.9 Å². The van der Waals surface area contributed by atoms with E-state index in [1.165, 1.54) is 0 Å². The van der Waals surface area contributed by atoms with Crippen LogP contribution in [0, 0.1) is 0 Å². The Morgan fingerprint density at radius 2 is 2.20 bits per heavy atom. The first-order chi connectivity index (χ1) is 6.89. The van der Waals surface area contributed by atoms with Gasteiger partial charge in [0.1, 0.15) is 0 Å². The average Bonchev–Trinajstić information content (AvgIpc) is 2.54. The lowest BCUT2D eigenvalue weighted by molar-refractivity contribution is 0.0838. The highest BCUT2D eigenvalue weighted by molar-refractivity contribution is 6.66. The Hall–Kier alpha value is -0.485. The van der Waals surface area contributed by atoms with E-state index in [2.05, 4.69) is 6.58 Å². The zero-order chi connectivity index (χ0) is 11.5. The van der Waals surface area contributed by atoms with E-state index in [1.807, 2.05) is 0 Å². The Morgan fingerprint density at radius 1 is 1.53 bits per heavy atom. The van der Waals surface area contributed by atoms with Crippen LogP contribution >= 0.6 is 0 Å². The largest absolute Gasteiger partial charge is 0.506 e. The predicted molar refractivity (Wildman–Crippen MR) is 54.7 cm³/mol. The van der Waals surface area contributed by atoms with Gasteiger partial charge in [0.2, 0.25) is 0 Å². The van der Waals surface area contributed by atoms with Gasteiger partial charge >= 0.3 is 6.98 Å². The molecule has 1 heterocycles. The summed E-state index contributed by atoms with van der Waals surface area (Å²) in [6.07, 6.45) is 2.03. The average molecular weight is 222 g/mol. The zero-order valence-electron chi connectivity index (χ0n) is 8.89. The number of halogens is 3. The van der Waals surface area contributed by atoms with E-state index < -0.39 is 12.4 Å². The number of rotatable bonds is 5. The second-order valence-corrected chi connectivity index (χ2v) is 4.06. The normalized spacial score (nSPS) is 22.3. The van der Waals surface area contributed by atoms with Crippen molar-refractivity contribution in [2.75, 3.05) is 26.7 Å². The quantitative estimate of drug-likeness (QED) is 0.660. The van der Waals surface area contributed by atoms with Crippen LogP contribution < -0.4 is 0 Å². The molecule has 15 heavy (non-hydrogen) atoms. The van der Waals surface area contributed by atoms with Crippen LogP contribution in [-0.4, -0.2) is 44.7 Å². The molecule has 1 saturated heterocycles. The molecule has 0 saturated carbocycles. The van der Waals surface area contributed by atoms with Crippen molar-refractivity contribution in [1.29, 1.82) is 0 Å². The van der Waals surface area contributed by atoms with Crippen LogP contribution in [0.15, 0.2) is 12.1 Å². The molecule has 0 aliphatic carbocycles. The van der Waals surface area contributed by atoms with E-state index in [4.69, 9.17) is 4.74 Å². The maximum absolute atomic E-state index is 12.2. The Kier molecular flexibility index (Phi) is 4.22. The Labute approximate surface area is 88.1 Å². The lowest BCUT2D eigenvalue weighted by Gasteiger charge is -2.26. The van der Waals surface area contributed by atoms with Crippen LogP contribution in [0.1, 0.15) is 12.8 Å². The molecule has 0 N–H and O–H groups in total. The first kappa shape index (κ1) is 12.6. The van der Waals surface area contributed by atoms with E-state index >= 15 is 0 Å². The van der Waals surface area contributed by atoms with Gasteiger partial charge in [0, 0.05) is 13.2 Å². The topological polar surface area (TPSA) is 12.5 Å². The van der Waals surface area contributed by atoms with Crippen LogP contribution in [0.2, 0.25) is 0 Å². The molecule has 2 nitrogen and oxygen atoms in total. The van der Waals surface area contributed by atoms with Gasteiger partial charge in [-0.2, -0.15) is 0 Å². The second kappa shape index (κ2) is 5.03.